The third-order valence-corrected chi connectivity index (χ3v) is 3.60. The molecule has 0 heterocycles. The summed E-state index contributed by atoms with van der Waals surface area (Å²) in [5.41, 5.74) is 0. The Balaban J connectivity index is -0.000000256. The van der Waals surface area contributed by atoms with Crippen LogP contribution in [0.1, 0.15) is 79.1 Å². The fraction of sp³-hybridized carbons (Fsp3) is 1.00. The fourth-order valence-electron chi connectivity index (χ4n) is 1.83. The third kappa shape index (κ3) is 19.5. The van der Waals surface area contributed by atoms with E-state index in [0.29, 0.717) is 25.0 Å². The van der Waals surface area contributed by atoms with Crippen LogP contribution in [0.15, 0.2) is 0 Å². The van der Waals surface area contributed by atoms with E-state index < -0.39 is 0 Å². The van der Waals surface area contributed by atoms with Crippen molar-refractivity contribution < 1.29 is 10.2 Å². The van der Waals surface area contributed by atoms with E-state index >= 15 is 0 Å². The molecule has 0 aliphatic heterocycles. The molecule has 0 aliphatic carbocycles. The largest absolute Gasteiger partial charge is 0.396 e. The smallest absolute Gasteiger partial charge is 0.0459 e. The summed E-state index contributed by atoms with van der Waals surface area (Å²) in [7, 11) is 0. The molecule has 0 amide bonds. The molecule has 0 bridgehead atoms. The van der Waals surface area contributed by atoms with E-state index in [1.54, 1.807) is 0 Å². The average Bonchev–Trinajstić information content (AvgIpc) is 2.42. The van der Waals surface area contributed by atoms with Gasteiger partial charge in [-0.25, -0.2) is 0 Å². The van der Waals surface area contributed by atoms with Gasteiger partial charge in [0.15, 0.2) is 0 Å². The second-order valence-electron chi connectivity index (χ2n) is 5.20. The van der Waals surface area contributed by atoms with Crippen LogP contribution in [0, 0.1) is 11.8 Å². The van der Waals surface area contributed by atoms with Gasteiger partial charge in [0.25, 0.3) is 0 Å². The maximum Gasteiger partial charge on any atom is 0.0459 e. The van der Waals surface area contributed by atoms with Gasteiger partial charge in [0.05, 0.1) is 0 Å². The fourth-order valence-corrected chi connectivity index (χ4v) is 1.83. The molecule has 2 atom stereocenters. The Morgan fingerprint density at radius 1 is 0.684 bits per heavy atom. The summed E-state index contributed by atoms with van der Waals surface area (Å²) in [6.07, 6.45) is 9.66. The standard InChI is InChI=1S/2C8H18O.Ba/c2*1-3-5-6-8(4-2)7-9;/h2*8-9H,3-7H2,1-2H3;. The van der Waals surface area contributed by atoms with Gasteiger partial charge in [0.1, 0.15) is 0 Å². The van der Waals surface area contributed by atoms with Crippen LogP contribution in [0.3, 0.4) is 0 Å². The number of hydrogen-bond acceptors (Lipinski definition) is 2. The SMILES string of the molecule is CCCCC(CC)CO.CCCCC(CC)CO.[Ba]. The van der Waals surface area contributed by atoms with Crippen molar-refractivity contribution >= 4 is 48.9 Å². The second-order valence-corrected chi connectivity index (χ2v) is 5.20. The van der Waals surface area contributed by atoms with Gasteiger partial charge in [-0.05, 0) is 24.7 Å². The predicted octanol–water partition coefficient (Wildman–Crippen LogP) is 4.01. The number of hydrogen-bond donors (Lipinski definition) is 2. The van der Waals surface area contributed by atoms with E-state index in [9.17, 15) is 0 Å². The molecule has 3 heteroatoms. The van der Waals surface area contributed by atoms with Crippen LogP contribution in [-0.2, 0) is 0 Å². The van der Waals surface area contributed by atoms with Gasteiger partial charge in [-0.15, -0.1) is 0 Å². The van der Waals surface area contributed by atoms with E-state index in [1.807, 2.05) is 0 Å². The monoisotopic (exact) mass is 398 g/mol. The molecule has 0 saturated carbocycles. The van der Waals surface area contributed by atoms with Crippen LogP contribution in [-0.4, -0.2) is 72.3 Å². The Morgan fingerprint density at radius 3 is 1.16 bits per heavy atom. The number of rotatable bonds is 10. The molecule has 0 rings (SSSR count). The second kappa shape index (κ2) is 21.8. The van der Waals surface area contributed by atoms with Crippen molar-refractivity contribution in [1.82, 2.24) is 0 Å². The summed E-state index contributed by atoms with van der Waals surface area (Å²) in [6, 6.07) is 0. The van der Waals surface area contributed by atoms with Crippen molar-refractivity contribution in [3.05, 3.63) is 0 Å². The van der Waals surface area contributed by atoms with Crippen molar-refractivity contribution in [2.75, 3.05) is 13.2 Å². The molecule has 0 aliphatic rings. The molecule has 0 aromatic carbocycles. The summed E-state index contributed by atoms with van der Waals surface area (Å²) < 4.78 is 0. The zero-order chi connectivity index (χ0) is 14.2. The molecule has 0 saturated heterocycles. The minimum atomic E-state index is 0. The van der Waals surface area contributed by atoms with Gasteiger partial charge < -0.3 is 10.2 Å². The van der Waals surface area contributed by atoms with Gasteiger partial charge in [-0.1, -0.05) is 66.2 Å². The zero-order valence-corrected chi connectivity index (χ0v) is 18.3. The normalized spacial score (nSPS) is 12.9. The van der Waals surface area contributed by atoms with Crippen LogP contribution in [0.2, 0.25) is 0 Å². The minimum absolute atomic E-state index is 0. The summed E-state index contributed by atoms with van der Waals surface area (Å²) >= 11 is 0. The first kappa shape index (κ1) is 25.4. The molecule has 114 valence electrons. The molecular formula is C16H36BaO2. The Hall–Kier alpha value is 1.49. The van der Waals surface area contributed by atoms with Crippen molar-refractivity contribution in [3.63, 3.8) is 0 Å². The zero-order valence-electron chi connectivity index (χ0n) is 13.8. The van der Waals surface area contributed by atoms with E-state index in [0.717, 1.165) is 12.8 Å². The summed E-state index contributed by atoms with van der Waals surface area (Å²) in [5, 5.41) is 17.5. The molecule has 2 nitrogen and oxygen atoms in total. The van der Waals surface area contributed by atoms with Gasteiger partial charge in [0, 0.05) is 62.1 Å². The third-order valence-electron chi connectivity index (χ3n) is 3.60. The Morgan fingerprint density at radius 2 is 1.00 bits per heavy atom. The Labute approximate surface area is 161 Å². The number of unbranched alkanes of at least 4 members (excludes halogenated alkanes) is 2. The number of aliphatic hydroxyl groups is 2. The minimum Gasteiger partial charge on any atom is -0.396 e. The average molecular weight is 398 g/mol. The van der Waals surface area contributed by atoms with Crippen molar-refractivity contribution in [1.29, 1.82) is 0 Å². The van der Waals surface area contributed by atoms with Crippen LogP contribution >= 0.6 is 0 Å². The maximum absolute atomic E-state index is 8.75. The van der Waals surface area contributed by atoms with E-state index in [1.165, 1.54) is 38.5 Å². The predicted molar refractivity (Wildman–Crippen MR) is 86.5 cm³/mol. The van der Waals surface area contributed by atoms with Gasteiger partial charge in [-0.2, -0.15) is 0 Å². The molecule has 0 aromatic rings. The number of aliphatic hydroxyl groups excluding tert-OH is 2. The Bertz CT molecular complexity index is 119. The molecule has 2 unspecified atom stereocenters. The molecule has 2 N–H and O–H groups in total. The molecule has 19 heavy (non-hydrogen) atoms. The maximum atomic E-state index is 8.75. The molecule has 0 spiro atoms. The van der Waals surface area contributed by atoms with Crippen molar-refractivity contribution in [2.45, 2.75) is 79.1 Å². The molecule has 2 radical (unpaired) electrons. The van der Waals surface area contributed by atoms with E-state index in [2.05, 4.69) is 27.7 Å². The quantitative estimate of drug-likeness (QED) is 0.547. The first-order valence-electron chi connectivity index (χ1n) is 7.91. The van der Waals surface area contributed by atoms with Crippen LogP contribution in [0.4, 0.5) is 0 Å². The van der Waals surface area contributed by atoms with Crippen LogP contribution in [0.25, 0.3) is 0 Å². The molecule has 0 aromatic heterocycles. The topological polar surface area (TPSA) is 40.5 Å². The van der Waals surface area contributed by atoms with Crippen molar-refractivity contribution in [3.8, 4) is 0 Å². The first-order chi connectivity index (χ1) is 8.69. The van der Waals surface area contributed by atoms with Gasteiger partial charge in [0.2, 0.25) is 0 Å². The van der Waals surface area contributed by atoms with Gasteiger partial charge >= 0.3 is 0 Å². The van der Waals surface area contributed by atoms with Crippen LogP contribution < -0.4 is 0 Å². The molecule has 0 fully saturated rings. The Kier molecular flexibility index (Phi) is 29.2. The summed E-state index contributed by atoms with van der Waals surface area (Å²) in [4.78, 5) is 0. The van der Waals surface area contributed by atoms with Crippen molar-refractivity contribution in [2.24, 2.45) is 11.8 Å². The van der Waals surface area contributed by atoms with E-state index in [-0.39, 0.29) is 48.9 Å². The molecular weight excluding hydrogens is 362 g/mol. The van der Waals surface area contributed by atoms with Gasteiger partial charge in [-0.3, -0.25) is 0 Å². The van der Waals surface area contributed by atoms with Crippen LogP contribution in [0.5, 0.6) is 0 Å². The first-order valence-corrected chi connectivity index (χ1v) is 7.91. The van der Waals surface area contributed by atoms with E-state index in [4.69, 9.17) is 10.2 Å². The summed E-state index contributed by atoms with van der Waals surface area (Å²) in [6.45, 7) is 9.38. The summed E-state index contributed by atoms with van der Waals surface area (Å²) in [5.74, 6) is 1.12.